The van der Waals surface area contributed by atoms with Gasteiger partial charge in [-0.25, -0.2) is 4.79 Å². The van der Waals surface area contributed by atoms with E-state index >= 15 is 0 Å². The fourth-order valence-electron chi connectivity index (χ4n) is 1.91. The van der Waals surface area contributed by atoms with Gasteiger partial charge in [-0.3, -0.25) is 0 Å². The van der Waals surface area contributed by atoms with E-state index in [1.54, 1.807) is 0 Å². The summed E-state index contributed by atoms with van der Waals surface area (Å²) in [6.07, 6.45) is 5.07. The van der Waals surface area contributed by atoms with Crippen molar-refractivity contribution in [2.75, 3.05) is 13.7 Å². The van der Waals surface area contributed by atoms with Gasteiger partial charge in [-0.1, -0.05) is 45.6 Å². The maximum absolute atomic E-state index is 11.5. The second-order valence-corrected chi connectivity index (χ2v) is 5.10. The summed E-state index contributed by atoms with van der Waals surface area (Å²) >= 11 is 0. The lowest BCUT2D eigenvalue weighted by atomic mass is 10.0. The van der Waals surface area contributed by atoms with Gasteiger partial charge in [-0.05, 0) is 13.3 Å². The molecule has 0 aromatic carbocycles. The predicted octanol–water partition coefficient (Wildman–Crippen LogP) is 2.16. The highest BCUT2D eigenvalue weighted by Gasteiger charge is 2.40. The van der Waals surface area contributed by atoms with Gasteiger partial charge >= 0.3 is 5.97 Å². The Morgan fingerprint density at radius 3 is 2.35 bits per heavy atom. The third kappa shape index (κ3) is 6.50. The minimum Gasteiger partial charge on any atom is -0.424 e. The van der Waals surface area contributed by atoms with E-state index < -0.39 is 24.5 Å². The molecule has 20 heavy (non-hydrogen) atoms. The molecule has 118 valence electrons. The number of esters is 1. The molecule has 0 amide bonds. The second-order valence-electron chi connectivity index (χ2n) is 5.10. The molecule has 0 aliphatic carbocycles. The van der Waals surface area contributed by atoms with Gasteiger partial charge in [0.15, 0.2) is 0 Å². The molecule has 5 heteroatoms. The van der Waals surface area contributed by atoms with Crippen molar-refractivity contribution in [1.29, 1.82) is 0 Å². The zero-order valence-corrected chi connectivity index (χ0v) is 12.9. The molecular weight excluding hydrogens is 260 g/mol. The first-order valence-corrected chi connectivity index (χ1v) is 7.16. The molecule has 2 unspecified atom stereocenters. The highest BCUT2D eigenvalue weighted by atomic mass is 16.7. The van der Waals surface area contributed by atoms with Crippen molar-refractivity contribution in [3.8, 4) is 0 Å². The Kier molecular flexibility index (Phi) is 9.46. The molecule has 0 rings (SSSR count). The molecule has 0 saturated heterocycles. The molecule has 0 aliphatic heterocycles. The van der Waals surface area contributed by atoms with Crippen LogP contribution in [0.25, 0.3) is 0 Å². The summed E-state index contributed by atoms with van der Waals surface area (Å²) in [5.41, 5.74) is 0.162. The number of aliphatic hydroxyl groups is 2. The number of rotatable bonds is 11. The van der Waals surface area contributed by atoms with E-state index in [2.05, 4.69) is 13.5 Å². The molecule has 0 fully saturated rings. The van der Waals surface area contributed by atoms with E-state index in [0.717, 1.165) is 25.7 Å². The third-order valence-corrected chi connectivity index (χ3v) is 3.20. The summed E-state index contributed by atoms with van der Waals surface area (Å²) < 4.78 is 10.1. The monoisotopic (exact) mass is 288 g/mol. The molecule has 0 aromatic heterocycles. The third-order valence-electron chi connectivity index (χ3n) is 3.20. The van der Waals surface area contributed by atoms with Crippen molar-refractivity contribution >= 4 is 5.97 Å². The van der Waals surface area contributed by atoms with Crippen LogP contribution >= 0.6 is 0 Å². The lowest BCUT2D eigenvalue weighted by Gasteiger charge is -2.33. The number of hydrogen-bond donors (Lipinski definition) is 2. The largest absolute Gasteiger partial charge is 0.424 e. The standard InChI is InChI=1S/C15H28O5/c1-5-6-7-8-9-10-13(19-4)15(18,11-16)20-14(17)12(2)3/h13,16,18H,2,5-11H2,1,3-4H3. The summed E-state index contributed by atoms with van der Waals surface area (Å²) in [4.78, 5) is 11.5. The molecule has 0 aromatic rings. The van der Waals surface area contributed by atoms with Gasteiger partial charge in [0.2, 0.25) is 0 Å². The van der Waals surface area contributed by atoms with E-state index in [-0.39, 0.29) is 5.57 Å². The SMILES string of the molecule is C=C(C)C(=O)OC(O)(CO)C(CCCCCCC)OC. The van der Waals surface area contributed by atoms with Crippen LogP contribution in [0.4, 0.5) is 0 Å². The van der Waals surface area contributed by atoms with Crippen LogP contribution in [-0.2, 0) is 14.3 Å². The molecule has 0 saturated carbocycles. The highest BCUT2D eigenvalue weighted by Crippen LogP contribution is 2.22. The first kappa shape index (κ1) is 19.1. The van der Waals surface area contributed by atoms with E-state index in [9.17, 15) is 15.0 Å². The van der Waals surface area contributed by atoms with Crippen LogP contribution in [-0.4, -0.2) is 41.8 Å². The van der Waals surface area contributed by atoms with E-state index in [0.29, 0.717) is 6.42 Å². The molecular formula is C15H28O5. The van der Waals surface area contributed by atoms with E-state index in [1.807, 2.05) is 0 Å². The Hall–Kier alpha value is -0.910. The van der Waals surface area contributed by atoms with Gasteiger partial charge in [-0.2, -0.15) is 0 Å². The van der Waals surface area contributed by atoms with Gasteiger partial charge in [-0.15, -0.1) is 0 Å². The normalized spacial score (nSPS) is 15.4. The Balaban J connectivity index is 4.46. The van der Waals surface area contributed by atoms with Crippen LogP contribution in [0.1, 0.15) is 52.4 Å². The number of methoxy groups -OCH3 is 1. The molecule has 5 nitrogen and oxygen atoms in total. The van der Waals surface area contributed by atoms with E-state index in [4.69, 9.17) is 9.47 Å². The first-order chi connectivity index (χ1) is 9.41. The zero-order chi connectivity index (χ0) is 15.6. The van der Waals surface area contributed by atoms with Crippen LogP contribution < -0.4 is 0 Å². The Labute approximate surface area is 121 Å². The summed E-state index contributed by atoms with van der Waals surface area (Å²) in [6, 6.07) is 0. The molecule has 0 aliphatic rings. The summed E-state index contributed by atoms with van der Waals surface area (Å²) in [6.45, 7) is 6.35. The minimum absolute atomic E-state index is 0.162. The van der Waals surface area contributed by atoms with Crippen LogP contribution in [0.3, 0.4) is 0 Å². The number of aliphatic hydroxyl groups excluding tert-OH is 1. The molecule has 0 heterocycles. The quantitative estimate of drug-likeness (QED) is 0.264. The van der Waals surface area contributed by atoms with Crippen LogP contribution in [0.15, 0.2) is 12.2 Å². The van der Waals surface area contributed by atoms with Crippen molar-refractivity contribution in [3.63, 3.8) is 0 Å². The average molecular weight is 288 g/mol. The molecule has 2 N–H and O–H groups in total. The van der Waals surface area contributed by atoms with Crippen molar-refractivity contribution in [1.82, 2.24) is 0 Å². The number of hydrogen-bond acceptors (Lipinski definition) is 5. The maximum atomic E-state index is 11.5. The van der Waals surface area contributed by atoms with Gasteiger partial charge in [0.05, 0.1) is 0 Å². The fraction of sp³-hybridized carbons (Fsp3) is 0.800. The van der Waals surface area contributed by atoms with Crippen LogP contribution in [0.2, 0.25) is 0 Å². The molecule has 0 bridgehead atoms. The topological polar surface area (TPSA) is 76.0 Å². The summed E-state index contributed by atoms with van der Waals surface area (Å²) in [5.74, 6) is -2.76. The summed E-state index contributed by atoms with van der Waals surface area (Å²) in [5, 5.41) is 19.6. The second kappa shape index (κ2) is 9.91. The lowest BCUT2D eigenvalue weighted by Crippen LogP contribution is -2.50. The average Bonchev–Trinajstić information content (AvgIpc) is 2.42. The van der Waals surface area contributed by atoms with Crippen LogP contribution in [0, 0.1) is 0 Å². The van der Waals surface area contributed by atoms with Crippen molar-refractivity contribution < 1.29 is 24.5 Å². The Bertz CT molecular complexity index is 303. The van der Waals surface area contributed by atoms with Gasteiger partial charge in [0.1, 0.15) is 12.7 Å². The predicted molar refractivity (Wildman–Crippen MR) is 77.1 cm³/mol. The summed E-state index contributed by atoms with van der Waals surface area (Å²) in [7, 11) is 1.42. The number of carbonyl (C=O) groups is 1. The maximum Gasteiger partial charge on any atom is 0.335 e. The molecule has 2 atom stereocenters. The highest BCUT2D eigenvalue weighted by molar-refractivity contribution is 5.87. The smallest absolute Gasteiger partial charge is 0.335 e. The number of unbranched alkanes of at least 4 members (excludes halogenated alkanes) is 4. The van der Waals surface area contributed by atoms with Gasteiger partial charge in [0.25, 0.3) is 5.79 Å². The Morgan fingerprint density at radius 1 is 1.30 bits per heavy atom. The Morgan fingerprint density at radius 2 is 1.90 bits per heavy atom. The van der Waals surface area contributed by atoms with E-state index in [1.165, 1.54) is 20.5 Å². The van der Waals surface area contributed by atoms with Crippen molar-refractivity contribution in [2.24, 2.45) is 0 Å². The van der Waals surface area contributed by atoms with Crippen molar-refractivity contribution in [3.05, 3.63) is 12.2 Å². The molecule has 0 radical (unpaired) electrons. The first-order valence-electron chi connectivity index (χ1n) is 7.16. The lowest BCUT2D eigenvalue weighted by molar-refractivity contribution is -0.265. The minimum atomic E-state index is -2.02. The van der Waals surface area contributed by atoms with Crippen LogP contribution in [0.5, 0.6) is 0 Å². The molecule has 0 spiro atoms. The number of carbonyl (C=O) groups excluding carboxylic acids is 1. The number of ether oxygens (including phenoxy) is 2. The fourth-order valence-corrected chi connectivity index (χ4v) is 1.91. The van der Waals surface area contributed by atoms with Gasteiger partial charge < -0.3 is 19.7 Å². The zero-order valence-electron chi connectivity index (χ0n) is 12.9. The van der Waals surface area contributed by atoms with Gasteiger partial charge in [0, 0.05) is 12.7 Å². The van der Waals surface area contributed by atoms with Crippen molar-refractivity contribution in [2.45, 2.75) is 64.3 Å².